The van der Waals surface area contributed by atoms with Crippen LogP contribution in [0.25, 0.3) is 11.0 Å². The molecule has 0 unspecified atom stereocenters. The number of hydrogen-bond acceptors (Lipinski definition) is 2. The van der Waals surface area contributed by atoms with Gasteiger partial charge in [-0.05, 0) is 28.1 Å². The number of nitrogens with zero attached hydrogens (tertiary/aromatic N) is 1. The number of aromatic nitrogens is 2. The highest BCUT2D eigenvalue weighted by atomic mass is 79.9. The Labute approximate surface area is 81.1 Å². The van der Waals surface area contributed by atoms with Crippen molar-refractivity contribution in [3.8, 4) is 0 Å². The summed E-state index contributed by atoms with van der Waals surface area (Å²) in [6, 6.07) is 2.85. The Bertz CT molecular complexity index is 441. The van der Waals surface area contributed by atoms with Crippen LogP contribution in [0.15, 0.2) is 16.6 Å². The summed E-state index contributed by atoms with van der Waals surface area (Å²) in [4.78, 5) is 16.8. The number of halogens is 2. The largest absolute Gasteiger partial charge is 0.335 e. The van der Waals surface area contributed by atoms with Gasteiger partial charge in [0.1, 0.15) is 5.52 Å². The molecule has 1 N–H and O–H groups in total. The predicted octanol–water partition coefficient (Wildman–Crippen LogP) is 2.28. The highest BCUT2D eigenvalue weighted by molar-refractivity contribution is 9.10. The number of benzene rings is 1. The minimum atomic E-state index is -0.442. The van der Waals surface area contributed by atoms with Crippen LogP contribution in [0.1, 0.15) is 10.6 Å². The molecule has 0 amide bonds. The normalized spacial score (nSPS) is 10.6. The lowest BCUT2D eigenvalue weighted by Gasteiger charge is -1.92. The molecule has 0 saturated heterocycles. The van der Waals surface area contributed by atoms with E-state index in [9.17, 15) is 9.18 Å². The molecule has 0 spiro atoms. The highest BCUT2D eigenvalue weighted by Crippen LogP contribution is 2.23. The van der Waals surface area contributed by atoms with Gasteiger partial charge in [-0.15, -0.1) is 0 Å². The first-order valence-electron chi connectivity index (χ1n) is 3.51. The topological polar surface area (TPSA) is 45.8 Å². The van der Waals surface area contributed by atoms with Gasteiger partial charge in [0.15, 0.2) is 17.9 Å². The van der Waals surface area contributed by atoms with Crippen LogP contribution in [0.2, 0.25) is 0 Å². The second-order valence-corrected chi connectivity index (χ2v) is 3.35. The Hall–Kier alpha value is -1.23. The first-order chi connectivity index (χ1) is 6.22. The Balaban J connectivity index is 2.87. The number of aldehydes is 1. The third-order valence-electron chi connectivity index (χ3n) is 1.67. The van der Waals surface area contributed by atoms with Crippen LogP contribution in [0, 0.1) is 5.82 Å². The Morgan fingerprint density at radius 1 is 1.54 bits per heavy atom. The van der Waals surface area contributed by atoms with E-state index >= 15 is 0 Å². The molecule has 0 bridgehead atoms. The molecule has 5 heteroatoms. The molecular weight excluding hydrogens is 239 g/mol. The second kappa shape index (κ2) is 2.92. The maximum Gasteiger partial charge on any atom is 0.185 e. The molecule has 0 aliphatic carbocycles. The lowest BCUT2D eigenvalue weighted by molar-refractivity contribution is 0.111. The SMILES string of the molecule is O=Cc1nc2c(F)ccc(Br)c2[nH]1. The van der Waals surface area contributed by atoms with Crippen molar-refractivity contribution in [2.45, 2.75) is 0 Å². The second-order valence-electron chi connectivity index (χ2n) is 2.49. The van der Waals surface area contributed by atoms with Gasteiger partial charge >= 0.3 is 0 Å². The van der Waals surface area contributed by atoms with E-state index < -0.39 is 5.82 Å². The van der Waals surface area contributed by atoms with Crippen LogP contribution in [-0.2, 0) is 0 Å². The number of fused-ring (bicyclic) bond motifs is 1. The van der Waals surface area contributed by atoms with E-state index in [2.05, 4.69) is 25.9 Å². The maximum atomic E-state index is 13.1. The highest BCUT2D eigenvalue weighted by Gasteiger charge is 2.09. The van der Waals surface area contributed by atoms with Crippen LogP contribution in [0.4, 0.5) is 4.39 Å². The minimum absolute atomic E-state index is 0.126. The molecule has 0 atom stereocenters. The third kappa shape index (κ3) is 1.25. The molecule has 0 saturated carbocycles. The molecule has 3 nitrogen and oxygen atoms in total. The molecule has 0 aliphatic rings. The quantitative estimate of drug-likeness (QED) is 0.781. The number of carbonyl (C=O) groups excluding carboxylic acids is 1. The van der Waals surface area contributed by atoms with Crippen molar-refractivity contribution in [1.82, 2.24) is 9.97 Å². The van der Waals surface area contributed by atoms with Crippen molar-refractivity contribution in [3.05, 3.63) is 28.2 Å². The van der Waals surface area contributed by atoms with Crippen molar-refractivity contribution in [2.24, 2.45) is 0 Å². The fourth-order valence-electron chi connectivity index (χ4n) is 1.10. The van der Waals surface area contributed by atoms with Gasteiger partial charge in [-0.1, -0.05) is 0 Å². The van der Waals surface area contributed by atoms with E-state index in [1.807, 2.05) is 0 Å². The Morgan fingerprint density at radius 3 is 2.92 bits per heavy atom. The van der Waals surface area contributed by atoms with Crippen LogP contribution >= 0.6 is 15.9 Å². The fraction of sp³-hybridized carbons (Fsp3) is 0. The Morgan fingerprint density at radius 2 is 2.31 bits per heavy atom. The van der Waals surface area contributed by atoms with Gasteiger partial charge in [-0.2, -0.15) is 0 Å². The zero-order chi connectivity index (χ0) is 9.42. The van der Waals surface area contributed by atoms with E-state index in [4.69, 9.17) is 0 Å². The van der Waals surface area contributed by atoms with Crippen LogP contribution in [0.5, 0.6) is 0 Å². The molecule has 0 fully saturated rings. The van der Waals surface area contributed by atoms with Gasteiger partial charge < -0.3 is 4.98 Å². The number of rotatable bonds is 1. The van der Waals surface area contributed by atoms with Gasteiger partial charge in [0.2, 0.25) is 0 Å². The van der Waals surface area contributed by atoms with Gasteiger partial charge in [0.05, 0.1) is 5.52 Å². The van der Waals surface area contributed by atoms with Gasteiger partial charge in [-0.3, -0.25) is 4.79 Å². The van der Waals surface area contributed by atoms with Crippen molar-refractivity contribution < 1.29 is 9.18 Å². The number of hydrogen-bond donors (Lipinski definition) is 1. The van der Waals surface area contributed by atoms with Crippen molar-refractivity contribution in [2.75, 3.05) is 0 Å². The summed E-state index contributed by atoms with van der Waals surface area (Å²) in [6.45, 7) is 0. The van der Waals surface area contributed by atoms with E-state index in [-0.39, 0.29) is 11.3 Å². The molecule has 13 heavy (non-hydrogen) atoms. The van der Waals surface area contributed by atoms with E-state index in [1.54, 1.807) is 6.07 Å². The molecule has 1 heterocycles. The lowest BCUT2D eigenvalue weighted by atomic mass is 10.3. The number of carbonyl (C=O) groups is 1. The van der Waals surface area contributed by atoms with Crippen LogP contribution in [0.3, 0.4) is 0 Å². The number of H-pyrrole nitrogens is 1. The fourth-order valence-corrected chi connectivity index (χ4v) is 1.52. The molecule has 66 valence electrons. The zero-order valence-electron chi connectivity index (χ0n) is 6.34. The molecular formula is C8H4BrFN2O. The molecule has 1 aromatic carbocycles. The van der Waals surface area contributed by atoms with Crippen molar-refractivity contribution >= 4 is 33.2 Å². The minimum Gasteiger partial charge on any atom is -0.335 e. The number of imidazole rings is 1. The summed E-state index contributed by atoms with van der Waals surface area (Å²) in [7, 11) is 0. The first kappa shape index (κ1) is 8.37. The molecule has 0 radical (unpaired) electrons. The van der Waals surface area contributed by atoms with Gasteiger partial charge in [0, 0.05) is 4.47 Å². The summed E-state index contributed by atoms with van der Waals surface area (Å²) >= 11 is 3.22. The monoisotopic (exact) mass is 242 g/mol. The van der Waals surface area contributed by atoms with E-state index in [0.29, 0.717) is 16.3 Å². The summed E-state index contributed by atoms with van der Waals surface area (Å²) in [6.07, 6.45) is 0.547. The molecule has 0 aliphatic heterocycles. The summed E-state index contributed by atoms with van der Waals surface area (Å²) in [5.41, 5.74) is 0.679. The average molecular weight is 243 g/mol. The smallest absolute Gasteiger partial charge is 0.185 e. The van der Waals surface area contributed by atoms with Crippen molar-refractivity contribution in [3.63, 3.8) is 0 Å². The van der Waals surface area contributed by atoms with Crippen LogP contribution in [-0.4, -0.2) is 16.3 Å². The standard InChI is InChI=1S/C8H4BrFN2O/c9-4-1-2-5(10)8-7(4)11-6(3-13)12-8/h1-3H,(H,11,12). The lowest BCUT2D eigenvalue weighted by Crippen LogP contribution is -1.79. The zero-order valence-corrected chi connectivity index (χ0v) is 7.93. The predicted molar refractivity (Wildman–Crippen MR) is 49.1 cm³/mol. The van der Waals surface area contributed by atoms with E-state index in [1.165, 1.54) is 6.07 Å². The Kier molecular flexibility index (Phi) is 1.88. The van der Waals surface area contributed by atoms with Crippen LogP contribution < -0.4 is 0 Å². The molecule has 2 aromatic rings. The number of nitrogens with one attached hydrogen (secondary N) is 1. The molecule has 2 rings (SSSR count). The van der Waals surface area contributed by atoms with Gasteiger partial charge in [-0.25, -0.2) is 9.37 Å². The summed E-state index contributed by atoms with van der Waals surface area (Å²) in [5.74, 6) is -0.316. The number of aromatic amines is 1. The average Bonchev–Trinajstić information content (AvgIpc) is 2.56. The van der Waals surface area contributed by atoms with Crippen molar-refractivity contribution in [1.29, 1.82) is 0 Å². The van der Waals surface area contributed by atoms with Gasteiger partial charge in [0.25, 0.3) is 0 Å². The first-order valence-corrected chi connectivity index (χ1v) is 4.30. The maximum absolute atomic E-state index is 13.1. The summed E-state index contributed by atoms with van der Waals surface area (Å²) < 4.78 is 13.8. The summed E-state index contributed by atoms with van der Waals surface area (Å²) in [5, 5.41) is 0. The third-order valence-corrected chi connectivity index (χ3v) is 2.34. The molecule has 1 aromatic heterocycles. The van der Waals surface area contributed by atoms with E-state index in [0.717, 1.165) is 0 Å².